The van der Waals surface area contributed by atoms with Gasteiger partial charge in [0.25, 0.3) is 0 Å². The second-order valence-corrected chi connectivity index (χ2v) is 7.05. The quantitative estimate of drug-likeness (QED) is 0.601. The molecule has 0 radical (unpaired) electrons. The molecule has 0 spiro atoms. The number of carbonyl (C=O) groups is 1. The molecule has 1 aliphatic carbocycles. The lowest BCUT2D eigenvalue weighted by Gasteiger charge is -2.12. The number of hydrogen-bond acceptors (Lipinski definition) is 4. The molecule has 3 aromatic rings. The second kappa shape index (κ2) is 6.84. The molecule has 0 unspecified atom stereocenters. The lowest BCUT2D eigenvalue weighted by Crippen LogP contribution is -2.12. The minimum absolute atomic E-state index is 0.0119. The maximum absolute atomic E-state index is 13.9. The molecular formula is C21H16FNO2S. The number of aryl methyl sites for hydroxylation is 1. The number of rotatable bonds is 3. The summed E-state index contributed by atoms with van der Waals surface area (Å²) in [7, 11) is 1.43. The van der Waals surface area contributed by atoms with Crippen LogP contribution >= 0.6 is 11.3 Å². The van der Waals surface area contributed by atoms with E-state index < -0.39 is 5.82 Å². The molecule has 1 heterocycles. The van der Waals surface area contributed by atoms with Crippen molar-refractivity contribution < 1.29 is 13.9 Å². The first-order valence-electron chi connectivity index (χ1n) is 8.29. The van der Waals surface area contributed by atoms with Crippen molar-refractivity contribution in [2.75, 3.05) is 7.11 Å². The highest BCUT2D eigenvalue weighted by Gasteiger charge is 2.26. The van der Waals surface area contributed by atoms with Crippen LogP contribution in [-0.2, 0) is 6.42 Å². The topological polar surface area (TPSA) is 39.2 Å². The largest absolute Gasteiger partial charge is 0.494 e. The average Bonchev–Trinajstić information content (AvgIpc) is 3.10. The number of Topliss-reactive ketones (excluding diaryl/α,β-unsaturated/α-hetero) is 1. The van der Waals surface area contributed by atoms with Crippen molar-refractivity contribution in [1.82, 2.24) is 4.98 Å². The Kier molecular flexibility index (Phi) is 4.39. The fourth-order valence-corrected chi connectivity index (χ4v) is 4.12. The van der Waals surface area contributed by atoms with Crippen molar-refractivity contribution in [3.8, 4) is 16.3 Å². The first kappa shape index (κ1) is 16.7. The molecule has 26 heavy (non-hydrogen) atoms. The van der Waals surface area contributed by atoms with Gasteiger partial charge in [0.1, 0.15) is 5.01 Å². The molecule has 1 aliphatic rings. The highest BCUT2D eigenvalue weighted by molar-refractivity contribution is 7.17. The number of methoxy groups -OCH3 is 1. The Labute approximate surface area is 154 Å². The van der Waals surface area contributed by atoms with Crippen molar-refractivity contribution in [1.29, 1.82) is 0 Å². The van der Waals surface area contributed by atoms with Crippen LogP contribution in [0.15, 0.2) is 54.1 Å². The second-order valence-electron chi connectivity index (χ2n) is 6.05. The smallest absolute Gasteiger partial charge is 0.200 e. The molecule has 0 atom stereocenters. The number of benzene rings is 2. The molecule has 130 valence electrons. The van der Waals surface area contributed by atoms with E-state index in [0.717, 1.165) is 22.7 Å². The standard InChI is InChI=1S/C21H16FNO2S/c1-25-18-10-7-13(12-16(18)22)11-15-8-9-17-20(19(15)24)26-21(23-17)14-5-3-2-4-6-14/h2-7,10-12H,8-9H2,1H3/b15-11+. The number of nitrogens with zero attached hydrogens (tertiary/aromatic N) is 1. The van der Waals surface area contributed by atoms with E-state index in [2.05, 4.69) is 4.98 Å². The number of ketones is 1. The molecule has 0 saturated carbocycles. The monoisotopic (exact) mass is 365 g/mol. The fourth-order valence-electron chi connectivity index (χ4n) is 3.03. The third kappa shape index (κ3) is 3.06. The maximum atomic E-state index is 13.9. The van der Waals surface area contributed by atoms with Crippen LogP contribution in [0.5, 0.6) is 5.75 Å². The molecule has 0 saturated heterocycles. The van der Waals surface area contributed by atoms with E-state index in [1.807, 2.05) is 30.3 Å². The van der Waals surface area contributed by atoms with Crippen molar-refractivity contribution in [2.24, 2.45) is 0 Å². The van der Waals surface area contributed by atoms with Crippen molar-refractivity contribution >= 4 is 23.2 Å². The van der Waals surface area contributed by atoms with Crippen LogP contribution in [0.25, 0.3) is 16.6 Å². The van der Waals surface area contributed by atoms with Gasteiger partial charge in [-0.1, -0.05) is 36.4 Å². The van der Waals surface area contributed by atoms with Crippen molar-refractivity contribution in [3.05, 3.63) is 76.1 Å². The highest BCUT2D eigenvalue weighted by atomic mass is 32.1. The summed E-state index contributed by atoms with van der Waals surface area (Å²) >= 11 is 1.42. The van der Waals surface area contributed by atoms with Crippen LogP contribution in [0.1, 0.15) is 27.3 Å². The number of halogens is 1. The molecule has 5 heteroatoms. The number of thiazole rings is 1. The Bertz CT molecular complexity index is 1010. The van der Waals surface area contributed by atoms with Gasteiger partial charge in [0.2, 0.25) is 5.78 Å². The summed E-state index contributed by atoms with van der Waals surface area (Å²) in [6.07, 6.45) is 3.09. The summed E-state index contributed by atoms with van der Waals surface area (Å²) in [6, 6.07) is 14.6. The zero-order chi connectivity index (χ0) is 18.1. The van der Waals surface area contributed by atoms with E-state index in [1.54, 1.807) is 18.2 Å². The van der Waals surface area contributed by atoms with E-state index in [-0.39, 0.29) is 11.5 Å². The summed E-state index contributed by atoms with van der Waals surface area (Å²) in [4.78, 5) is 18.2. The van der Waals surface area contributed by atoms with Crippen LogP contribution in [0.2, 0.25) is 0 Å². The van der Waals surface area contributed by atoms with Gasteiger partial charge in [-0.2, -0.15) is 0 Å². The fraction of sp³-hybridized carbons (Fsp3) is 0.143. The third-order valence-electron chi connectivity index (χ3n) is 4.36. The zero-order valence-corrected chi connectivity index (χ0v) is 15.0. The molecule has 4 rings (SSSR count). The minimum atomic E-state index is -0.435. The molecule has 0 aliphatic heterocycles. The van der Waals surface area contributed by atoms with Gasteiger partial charge in [0, 0.05) is 11.1 Å². The van der Waals surface area contributed by atoms with Gasteiger partial charge in [-0.3, -0.25) is 4.79 Å². The zero-order valence-electron chi connectivity index (χ0n) is 14.2. The van der Waals surface area contributed by atoms with Crippen LogP contribution in [0.4, 0.5) is 4.39 Å². The molecule has 0 bridgehead atoms. The minimum Gasteiger partial charge on any atom is -0.494 e. The van der Waals surface area contributed by atoms with E-state index in [4.69, 9.17) is 4.74 Å². The van der Waals surface area contributed by atoms with Crippen LogP contribution in [-0.4, -0.2) is 17.9 Å². The number of aromatic nitrogens is 1. The van der Waals surface area contributed by atoms with Crippen molar-refractivity contribution in [2.45, 2.75) is 12.8 Å². The highest BCUT2D eigenvalue weighted by Crippen LogP contribution is 2.35. The van der Waals surface area contributed by atoms with Gasteiger partial charge in [0.05, 0.1) is 17.7 Å². The van der Waals surface area contributed by atoms with Crippen LogP contribution in [0.3, 0.4) is 0 Å². The molecule has 0 N–H and O–H groups in total. The number of allylic oxidation sites excluding steroid dienone is 1. The predicted molar refractivity (Wildman–Crippen MR) is 101 cm³/mol. The van der Waals surface area contributed by atoms with Crippen LogP contribution < -0.4 is 4.74 Å². The van der Waals surface area contributed by atoms with E-state index in [1.165, 1.54) is 24.5 Å². The summed E-state index contributed by atoms with van der Waals surface area (Å²) in [5, 5.41) is 0.862. The van der Waals surface area contributed by atoms with Crippen LogP contribution in [0, 0.1) is 5.82 Å². The van der Waals surface area contributed by atoms with E-state index in [0.29, 0.717) is 22.4 Å². The summed E-state index contributed by atoms with van der Waals surface area (Å²) in [6.45, 7) is 0. The number of fused-ring (bicyclic) bond motifs is 1. The molecule has 1 aromatic heterocycles. The average molecular weight is 365 g/mol. The third-order valence-corrected chi connectivity index (χ3v) is 5.51. The number of ether oxygens (including phenoxy) is 1. The Morgan fingerprint density at radius 2 is 1.96 bits per heavy atom. The number of hydrogen-bond donors (Lipinski definition) is 0. The SMILES string of the molecule is COc1ccc(/C=C2\CCc3nc(-c4ccccc4)sc3C2=O)cc1F. The van der Waals surface area contributed by atoms with Gasteiger partial charge >= 0.3 is 0 Å². The Morgan fingerprint density at radius 1 is 1.15 bits per heavy atom. The normalized spacial score (nSPS) is 15.2. The van der Waals surface area contributed by atoms with Crippen molar-refractivity contribution in [3.63, 3.8) is 0 Å². The summed E-state index contributed by atoms with van der Waals surface area (Å²) < 4.78 is 18.8. The first-order valence-corrected chi connectivity index (χ1v) is 9.11. The van der Waals surface area contributed by atoms with Gasteiger partial charge in [-0.05, 0) is 36.6 Å². The predicted octanol–water partition coefficient (Wildman–Crippen LogP) is 5.17. The van der Waals surface area contributed by atoms with Gasteiger partial charge < -0.3 is 4.74 Å². The molecule has 0 amide bonds. The van der Waals surface area contributed by atoms with E-state index in [9.17, 15) is 9.18 Å². The lowest BCUT2D eigenvalue weighted by molar-refractivity contribution is 0.103. The van der Waals surface area contributed by atoms with Gasteiger partial charge in [-0.25, -0.2) is 9.37 Å². The molecule has 3 nitrogen and oxygen atoms in total. The Hall–Kier alpha value is -2.79. The molecule has 0 fully saturated rings. The summed E-state index contributed by atoms with van der Waals surface area (Å²) in [5.74, 6) is -0.253. The first-order chi connectivity index (χ1) is 12.7. The lowest BCUT2D eigenvalue weighted by atomic mass is 9.94. The maximum Gasteiger partial charge on any atom is 0.200 e. The Morgan fingerprint density at radius 3 is 2.69 bits per heavy atom. The van der Waals surface area contributed by atoms with Gasteiger partial charge in [0.15, 0.2) is 11.6 Å². The molecule has 2 aromatic carbocycles. The Balaban J connectivity index is 1.66. The van der Waals surface area contributed by atoms with Gasteiger partial charge in [-0.15, -0.1) is 11.3 Å². The molecular weight excluding hydrogens is 349 g/mol. The number of carbonyl (C=O) groups excluding carboxylic acids is 1. The summed E-state index contributed by atoms with van der Waals surface area (Å²) in [5.41, 5.74) is 3.22. The van der Waals surface area contributed by atoms with E-state index >= 15 is 0 Å².